The number of aromatic hydroxyl groups is 1. The molecule has 0 aliphatic carbocycles. The lowest BCUT2D eigenvalue weighted by atomic mass is 9.99. The Labute approximate surface area is 252 Å². The summed E-state index contributed by atoms with van der Waals surface area (Å²) in [6.45, 7) is 10.7. The van der Waals surface area contributed by atoms with E-state index >= 15 is 0 Å². The molecule has 232 valence electrons. The lowest BCUT2D eigenvalue weighted by Gasteiger charge is -2.31. The molecule has 3 unspecified atom stereocenters. The number of ether oxygens (including phenoxy) is 2. The van der Waals surface area contributed by atoms with Gasteiger partial charge >= 0.3 is 12.1 Å². The Morgan fingerprint density at radius 2 is 1.53 bits per heavy atom. The fourth-order valence-corrected chi connectivity index (χ4v) is 4.00. The number of alkyl carbamates (subject to hydrolysis) is 1. The first-order valence-electron chi connectivity index (χ1n) is 13.7. The van der Waals surface area contributed by atoms with Crippen LogP contribution in [0.15, 0.2) is 48.5 Å². The highest BCUT2D eigenvalue weighted by molar-refractivity contribution is 5.95. The zero-order valence-corrected chi connectivity index (χ0v) is 25.6. The lowest BCUT2D eigenvalue weighted by Crippen LogP contribution is -2.54. The van der Waals surface area contributed by atoms with E-state index in [1.165, 1.54) is 18.2 Å². The first-order valence-corrected chi connectivity index (χ1v) is 13.7. The minimum Gasteiger partial charge on any atom is -0.508 e. The van der Waals surface area contributed by atoms with Crippen LogP contribution < -0.4 is 10.6 Å². The number of benzene rings is 2. The Morgan fingerprint density at radius 3 is 2.05 bits per heavy atom. The van der Waals surface area contributed by atoms with Crippen molar-refractivity contribution in [2.24, 2.45) is 0 Å². The van der Waals surface area contributed by atoms with Crippen LogP contribution in [0.5, 0.6) is 5.75 Å². The number of aliphatic hydroxyl groups excluding tert-OH is 1. The molecular weight excluding hydrogens is 554 g/mol. The summed E-state index contributed by atoms with van der Waals surface area (Å²) in [6, 6.07) is 11.1. The highest BCUT2D eigenvalue weighted by atomic mass is 16.6. The van der Waals surface area contributed by atoms with E-state index in [4.69, 9.17) is 15.9 Å². The van der Waals surface area contributed by atoms with Crippen molar-refractivity contribution in [3.63, 3.8) is 0 Å². The van der Waals surface area contributed by atoms with E-state index in [2.05, 4.69) is 16.7 Å². The third kappa shape index (κ3) is 10.7. The number of aliphatic hydroxyl groups is 1. The number of aryl methyl sites for hydroxylation is 1. The summed E-state index contributed by atoms with van der Waals surface area (Å²) in [7, 11) is 0. The molecule has 11 heteroatoms. The second-order valence-corrected chi connectivity index (χ2v) is 12.0. The van der Waals surface area contributed by atoms with Crippen molar-refractivity contribution >= 4 is 23.9 Å². The van der Waals surface area contributed by atoms with E-state index in [1.807, 2.05) is 6.07 Å². The average molecular weight is 596 g/mol. The van der Waals surface area contributed by atoms with Gasteiger partial charge in [0.1, 0.15) is 35.1 Å². The normalized spacial score (nSPS) is 13.5. The molecular formula is C32H41N3O8. The Balaban J connectivity index is 2.52. The smallest absolute Gasteiger partial charge is 0.408 e. The van der Waals surface area contributed by atoms with Gasteiger partial charge in [0.15, 0.2) is 0 Å². The van der Waals surface area contributed by atoms with E-state index in [-0.39, 0.29) is 17.7 Å². The molecule has 4 N–H and O–H groups in total. The monoisotopic (exact) mass is 595 g/mol. The molecule has 3 atom stereocenters. The number of phenolic OH excluding ortho intramolecular Hbond substituents is 1. The van der Waals surface area contributed by atoms with Crippen LogP contribution in [0.2, 0.25) is 0 Å². The molecule has 0 radical (unpaired) electrons. The minimum absolute atomic E-state index is 0.0583. The number of carbonyl (C=O) groups excluding carboxylic acids is 4. The van der Waals surface area contributed by atoms with Crippen LogP contribution in [0.4, 0.5) is 4.79 Å². The molecule has 0 heterocycles. The van der Waals surface area contributed by atoms with Crippen molar-refractivity contribution < 1.29 is 38.9 Å². The summed E-state index contributed by atoms with van der Waals surface area (Å²) in [5.41, 5.74) is -0.413. The predicted octanol–water partition coefficient (Wildman–Crippen LogP) is 3.12. The molecule has 0 bridgehead atoms. The van der Waals surface area contributed by atoms with Gasteiger partial charge in [-0.25, -0.2) is 9.59 Å². The molecule has 0 aliphatic heterocycles. The van der Waals surface area contributed by atoms with Gasteiger partial charge in [-0.3, -0.25) is 14.5 Å². The van der Waals surface area contributed by atoms with Crippen LogP contribution in [0, 0.1) is 19.4 Å². The highest BCUT2D eigenvalue weighted by Gasteiger charge is 2.38. The standard InChI is InChI=1S/C32H41N3O8/c1-9-35(28(39)24(19-36)34-30(41)43-32(6,7)8)26(22-15-16-25(37)20(2)17-22)27(38)33-23(29(40)42-31(3,4)5)18-21-13-11-10-12-14-21/h1,10-17,23-24,26,36-37H,18-19H2,2-8H3,(H,33,38)(H,34,41). The summed E-state index contributed by atoms with van der Waals surface area (Å²) in [5, 5.41) is 25.0. The number of hydrogen-bond acceptors (Lipinski definition) is 8. The largest absolute Gasteiger partial charge is 0.508 e. The first-order chi connectivity index (χ1) is 20.0. The van der Waals surface area contributed by atoms with Crippen molar-refractivity contribution in [3.05, 3.63) is 65.2 Å². The SMILES string of the molecule is C#CN(C(=O)C(CO)NC(=O)OC(C)(C)C)C(C(=O)NC(Cc1ccccc1)C(=O)OC(C)(C)C)c1ccc(O)c(C)c1. The van der Waals surface area contributed by atoms with E-state index in [9.17, 15) is 29.4 Å². The molecule has 0 fully saturated rings. The van der Waals surface area contributed by atoms with Crippen LogP contribution >= 0.6 is 0 Å². The molecule has 0 saturated carbocycles. The number of nitrogens with one attached hydrogen (secondary N) is 2. The molecule has 0 aromatic heterocycles. The van der Waals surface area contributed by atoms with E-state index in [0.717, 1.165) is 5.56 Å². The Morgan fingerprint density at radius 1 is 0.930 bits per heavy atom. The fourth-order valence-electron chi connectivity index (χ4n) is 4.00. The van der Waals surface area contributed by atoms with Gasteiger partial charge in [0.05, 0.1) is 6.61 Å². The third-order valence-electron chi connectivity index (χ3n) is 5.88. The second kappa shape index (κ2) is 14.6. The van der Waals surface area contributed by atoms with Gasteiger partial charge in [-0.1, -0.05) is 42.8 Å². The number of nitrogens with zero attached hydrogens (tertiary/aromatic N) is 1. The second-order valence-electron chi connectivity index (χ2n) is 12.0. The van der Waals surface area contributed by atoms with Crippen LogP contribution in [-0.4, -0.2) is 68.9 Å². The van der Waals surface area contributed by atoms with Crippen LogP contribution in [-0.2, 0) is 30.3 Å². The van der Waals surface area contributed by atoms with Gasteiger partial charge in [-0.2, -0.15) is 0 Å². The third-order valence-corrected chi connectivity index (χ3v) is 5.88. The van der Waals surface area contributed by atoms with Gasteiger partial charge in [0.2, 0.25) is 5.91 Å². The summed E-state index contributed by atoms with van der Waals surface area (Å²) < 4.78 is 10.8. The number of rotatable bonds is 10. The molecule has 0 saturated heterocycles. The number of amides is 3. The zero-order valence-electron chi connectivity index (χ0n) is 25.6. The molecule has 2 aromatic carbocycles. The topological polar surface area (TPSA) is 154 Å². The number of esters is 1. The fraction of sp³-hybridized carbons (Fsp3) is 0.438. The average Bonchev–Trinajstić information content (AvgIpc) is 2.89. The van der Waals surface area contributed by atoms with Crippen molar-refractivity contribution in [1.29, 1.82) is 0 Å². The maximum Gasteiger partial charge on any atom is 0.408 e. The van der Waals surface area contributed by atoms with Gasteiger partial charge in [0.25, 0.3) is 5.91 Å². The zero-order chi connectivity index (χ0) is 32.5. The molecule has 2 rings (SSSR count). The van der Waals surface area contributed by atoms with Gasteiger partial charge < -0.3 is 30.3 Å². The van der Waals surface area contributed by atoms with Gasteiger partial charge in [-0.05, 0) is 77.3 Å². The molecule has 11 nitrogen and oxygen atoms in total. The Bertz CT molecular complexity index is 1340. The molecule has 3 amide bonds. The van der Waals surface area contributed by atoms with Crippen LogP contribution in [0.1, 0.15) is 64.3 Å². The van der Waals surface area contributed by atoms with Crippen molar-refractivity contribution in [3.8, 4) is 18.2 Å². The van der Waals surface area contributed by atoms with E-state index in [1.54, 1.807) is 72.7 Å². The highest BCUT2D eigenvalue weighted by Crippen LogP contribution is 2.27. The summed E-state index contributed by atoms with van der Waals surface area (Å²) >= 11 is 0. The molecule has 2 aromatic rings. The molecule has 0 spiro atoms. The minimum atomic E-state index is -1.56. The van der Waals surface area contributed by atoms with Crippen molar-refractivity contribution in [2.75, 3.05) is 6.61 Å². The maximum absolute atomic E-state index is 14.0. The van der Waals surface area contributed by atoms with Gasteiger partial charge in [-0.15, -0.1) is 0 Å². The van der Waals surface area contributed by atoms with E-state index in [0.29, 0.717) is 10.5 Å². The summed E-state index contributed by atoms with van der Waals surface area (Å²) in [5.74, 6) is -2.59. The van der Waals surface area contributed by atoms with Crippen LogP contribution in [0.3, 0.4) is 0 Å². The maximum atomic E-state index is 14.0. The van der Waals surface area contributed by atoms with Gasteiger partial charge in [0, 0.05) is 12.5 Å². The summed E-state index contributed by atoms with van der Waals surface area (Å²) in [4.78, 5) is 53.9. The van der Waals surface area contributed by atoms with Crippen molar-refractivity contribution in [1.82, 2.24) is 15.5 Å². The van der Waals surface area contributed by atoms with E-state index < -0.39 is 59.8 Å². The number of phenols is 1. The predicted molar refractivity (Wildman–Crippen MR) is 159 cm³/mol. The Hall–Kier alpha value is -4.56. The van der Waals surface area contributed by atoms with Crippen LogP contribution in [0.25, 0.3) is 0 Å². The number of terminal acetylenes is 1. The number of carbonyl (C=O) groups is 4. The lowest BCUT2D eigenvalue weighted by molar-refractivity contribution is -0.159. The summed E-state index contributed by atoms with van der Waals surface area (Å²) in [6.07, 6.45) is 4.84. The quantitative estimate of drug-likeness (QED) is 0.186. The van der Waals surface area contributed by atoms with Crippen molar-refractivity contribution in [2.45, 2.75) is 84.2 Å². The first kappa shape index (κ1) is 34.6. The number of hydrogen-bond donors (Lipinski definition) is 4. The Kier molecular flexibility index (Phi) is 11.7. The molecule has 0 aliphatic rings. The molecule has 43 heavy (non-hydrogen) atoms.